The minimum Gasteiger partial charge on any atom is -0.375 e. The van der Waals surface area contributed by atoms with Gasteiger partial charge >= 0.3 is 0 Å². The van der Waals surface area contributed by atoms with E-state index in [-0.39, 0.29) is 17.1 Å². The molecule has 1 spiro atoms. The first kappa shape index (κ1) is 22.1. The number of fused-ring (bicyclic) bond motifs is 1. The van der Waals surface area contributed by atoms with Gasteiger partial charge in [-0.1, -0.05) is 43.2 Å². The molecule has 1 aromatic heterocycles. The van der Waals surface area contributed by atoms with Crippen molar-refractivity contribution in [1.29, 1.82) is 0 Å². The third kappa shape index (κ3) is 4.37. The highest BCUT2D eigenvalue weighted by Crippen LogP contribution is 2.49. The van der Waals surface area contributed by atoms with Crippen LogP contribution in [0.15, 0.2) is 48.7 Å². The molecule has 1 saturated heterocycles. The first-order chi connectivity index (χ1) is 15.7. The van der Waals surface area contributed by atoms with E-state index in [1.54, 1.807) is 0 Å². The van der Waals surface area contributed by atoms with Crippen molar-refractivity contribution < 1.29 is 9.47 Å². The molecule has 1 aromatic carbocycles. The van der Waals surface area contributed by atoms with E-state index in [0.29, 0.717) is 6.04 Å². The molecule has 2 aliphatic carbocycles. The number of hydrogen-bond donors (Lipinski definition) is 1. The second-order valence-corrected chi connectivity index (χ2v) is 10.1. The van der Waals surface area contributed by atoms with Gasteiger partial charge in [0.05, 0.1) is 11.7 Å². The molecule has 4 heteroatoms. The zero-order chi connectivity index (χ0) is 21.9. The molecule has 1 aliphatic heterocycles. The number of hydrogen-bond acceptors (Lipinski definition) is 4. The van der Waals surface area contributed by atoms with Crippen LogP contribution in [0.25, 0.3) is 0 Å². The second kappa shape index (κ2) is 9.62. The lowest BCUT2D eigenvalue weighted by Crippen LogP contribution is -2.47. The maximum Gasteiger partial charge on any atom is 0.0828 e. The summed E-state index contributed by atoms with van der Waals surface area (Å²) in [4.78, 5) is 4.86. The zero-order valence-corrected chi connectivity index (χ0v) is 19.5. The van der Waals surface area contributed by atoms with Crippen LogP contribution in [0.4, 0.5) is 0 Å². The van der Waals surface area contributed by atoms with Gasteiger partial charge in [-0.15, -0.1) is 0 Å². The highest BCUT2D eigenvalue weighted by Gasteiger charge is 2.48. The molecule has 3 aliphatic rings. The fourth-order valence-corrected chi connectivity index (χ4v) is 6.62. The number of benzene rings is 1. The summed E-state index contributed by atoms with van der Waals surface area (Å²) in [5.41, 5.74) is 4.24. The summed E-state index contributed by atoms with van der Waals surface area (Å²) in [5, 5.41) is 3.94. The summed E-state index contributed by atoms with van der Waals surface area (Å²) in [6.45, 7) is 4.73. The van der Waals surface area contributed by atoms with Crippen molar-refractivity contribution in [3.63, 3.8) is 0 Å². The fraction of sp³-hybridized carbons (Fsp3) is 0.607. The molecular formula is C28H38N2O2. The van der Waals surface area contributed by atoms with Gasteiger partial charge in [-0.2, -0.15) is 0 Å². The SMILES string of the molecule is CCO[C@@H]1CC[C@H](NCC[C@@]2(c3ccccn3)CCOC3(CCCC3)C2)c2ccccc21. The van der Waals surface area contributed by atoms with Crippen LogP contribution in [-0.2, 0) is 14.9 Å². The Bertz CT molecular complexity index is 880. The van der Waals surface area contributed by atoms with Gasteiger partial charge in [-0.05, 0) is 81.7 Å². The van der Waals surface area contributed by atoms with Crippen LogP contribution in [0.5, 0.6) is 0 Å². The Hall–Kier alpha value is -1.75. The molecule has 0 bridgehead atoms. The minimum atomic E-state index is 0.0813. The molecule has 2 heterocycles. The van der Waals surface area contributed by atoms with Gasteiger partial charge in [0.15, 0.2) is 0 Å². The highest BCUT2D eigenvalue weighted by atomic mass is 16.5. The van der Waals surface area contributed by atoms with Crippen molar-refractivity contribution in [3.8, 4) is 0 Å². The second-order valence-electron chi connectivity index (χ2n) is 10.1. The summed E-state index contributed by atoms with van der Waals surface area (Å²) in [5.74, 6) is 0. The largest absolute Gasteiger partial charge is 0.375 e. The molecule has 32 heavy (non-hydrogen) atoms. The third-order valence-corrected chi connectivity index (χ3v) is 8.17. The van der Waals surface area contributed by atoms with E-state index in [2.05, 4.69) is 48.6 Å². The molecule has 3 atom stereocenters. The maximum atomic E-state index is 6.42. The molecule has 2 aromatic rings. The molecule has 4 nitrogen and oxygen atoms in total. The topological polar surface area (TPSA) is 43.4 Å². The standard InChI is InChI=1S/C28H38N2O2/c1-2-31-25-13-12-24(22-9-3-4-10-23(22)25)29-19-16-27(26-11-5-8-18-30-26)17-20-32-28(21-27)14-6-7-15-28/h3-5,8-11,18,24-25,29H,2,6-7,12-17,19-21H2,1H3/t24-,25+,27+/m0/s1. The highest BCUT2D eigenvalue weighted by molar-refractivity contribution is 5.34. The Morgan fingerprint density at radius 2 is 1.84 bits per heavy atom. The molecule has 0 amide bonds. The molecule has 172 valence electrons. The molecule has 1 saturated carbocycles. The smallest absolute Gasteiger partial charge is 0.0828 e. The first-order valence-electron chi connectivity index (χ1n) is 12.7. The maximum absolute atomic E-state index is 6.42. The normalized spacial score (nSPS) is 29.2. The molecule has 2 fully saturated rings. The quantitative estimate of drug-likeness (QED) is 0.577. The summed E-state index contributed by atoms with van der Waals surface area (Å²) >= 11 is 0. The van der Waals surface area contributed by atoms with E-state index in [0.717, 1.165) is 51.9 Å². The monoisotopic (exact) mass is 434 g/mol. The van der Waals surface area contributed by atoms with E-state index in [1.807, 2.05) is 12.3 Å². The van der Waals surface area contributed by atoms with Gasteiger partial charge in [0, 0.05) is 36.6 Å². The van der Waals surface area contributed by atoms with E-state index < -0.39 is 0 Å². The van der Waals surface area contributed by atoms with Crippen LogP contribution in [0, 0.1) is 0 Å². The van der Waals surface area contributed by atoms with E-state index in [4.69, 9.17) is 14.5 Å². The Morgan fingerprint density at radius 3 is 2.62 bits per heavy atom. The first-order valence-corrected chi connectivity index (χ1v) is 12.7. The van der Waals surface area contributed by atoms with Crippen LogP contribution in [0.2, 0.25) is 0 Å². The summed E-state index contributed by atoms with van der Waals surface area (Å²) in [6.07, 6.45) is 12.8. The van der Waals surface area contributed by atoms with Gasteiger partial charge < -0.3 is 14.8 Å². The Kier molecular flexibility index (Phi) is 6.64. The number of ether oxygens (including phenoxy) is 2. The van der Waals surface area contributed by atoms with Crippen LogP contribution in [0.3, 0.4) is 0 Å². The summed E-state index contributed by atoms with van der Waals surface area (Å²) < 4.78 is 12.5. The van der Waals surface area contributed by atoms with Crippen LogP contribution in [0.1, 0.15) is 93.7 Å². The minimum absolute atomic E-state index is 0.0813. The number of nitrogens with zero attached hydrogens (tertiary/aromatic N) is 1. The predicted octanol–water partition coefficient (Wildman–Crippen LogP) is 6.04. The van der Waals surface area contributed by atoms with Crippen LogP contribution in [-0.4, -0.2) is 30.3 Å². The van der Waals surface area contributed by atoms with Gasteiger partial charge in [-0.3, -0.25) is 4.98 Å². The fourth-order valence-electron chi connectivity index (χ4n) is 6.62. The Labute approximate surface area is 193 Å². The Balaban J connectivity index is 1.32. The molecule has 5 rings (SSSR count). The van der Waals surface area contributed by atoms with Crippen LogP contribution >= 0.6 is 0 Å². The van der Waals surface area contributed by atoms with E-state index >= 15 is 0 Å². The van der Waals surface area contributed by atoms with Gasteiger partial charge in [-0.25, -0.2) is 0 Å². The molecule has 1 N–H and O–H groups in total. The molecular weight excluding hydrogens is 396 g/mol. The lowest BCUT2D eigenvalue weighted by molar-refractivity contribution is -0.104. The molecule has 0 unspecified atom stereocenters. The summed E-state index contributed by atoms with van der Waals surface area (Å²) in [7, 11) is 0. The lowest BCUT2D eigenvalue weighted by atomic mass is 9.68. The van der Waals surface area contributed by atoms with Crippen molar-refractivity contribution in [2.45, 2.75) is 87.9 Å². The van der Waals surface area contributed by atoms with Crippen molar-refractivity contribution in [3.05, 3.63) is 65.5 Å². The predicted molar refractivity (Wildman–Crippen MR) is 128 cm³/mol. The van der Waals surface area contributed by atoms with Crippen LogP contribution < -0.4 is 5.32 Å². The number of pyridine rings is 1. The molecule has 0 radical (unpaired) electrons. The Morgan fingerprint density at radius 1 is 1.03 bits per heavy atom. The van der Waals surface area contributed by atoms with Gasteiger partial charge in [0.25, 0.3) is 0 Å². The summed E-state index contributed by atoms with van der Waals surface area (Å²) in [6, 6.07) is 15.7. The van der Waals surface area contributed by atoms with Crippen molar-refractivity contribution in [2.24, 2.45) is 0 Å². The van der Waals surface area contributed by atoms with Crippen molar-refractivity contribution in [2.75, 3.05) is 19.8 Å². The average molecular weight is 435 g/mol. The number of rotatable bonds is 7. The number of nitrogens with one attached hydrogen (secondary N) is 1. The number of aromatic nitrogens is 1. The van der Waals surface area contributed by atoms with Gasteiger partial charge in [0.2, 0.25) is 0 Å². The third-order valence-electron chi connectivity index (χ3n) is 8.17. The van der Waals surface area contributed by atoms with Crippen molar-refractivity contribution in [1.82, 2.24) is 10.3 Å². The van der Waals surface area contributed by atoms with Crippen molar-refractivity contribution >= 4 is 0 Å². The van der Waals surface area contributed by atoms with E-state index in [1.165, 1.54) is 42.5 Å². The van der Waals surface area contributed by atoms with Gasteiger partial charge in [0.1, 0.15) is 0 Å². The average Bonchev–Trinajstić information content (AvgIpc) is 3.28. The lowest BCUT2D eigenvalue weighted by Gasteiger charge is -2.46. The van der Waals surface area contributed by atoms with E-state index in [9.17, 15) is 0 Å². The zero-order valence-electron chi connectivity index (χ0n) is 19.5.